The minimum atomic E-state index is 0.299. The fourth-order valence-electron chi connectivity index (χ4n) is 2.11. The van der Waals surface area contributed by atoms with Crippen LogP contribution in [0.3, 0.4) is 0 Å². The maximum absolute atomic E-state index is 9.87. The van der Waals surface area contributed by atoms with Gasteiger partial charge in [0.25, 0.3) is 0 Å². The number of aromatic hydroxyl groups is 1. The lowest BCUT2D eigenvalue weighted by molar-refractivity contribution is 0.481. The molecule has 1 heterocycles. The maximum atomic E-state index is 9.87. The third-order valence-corrected chi connectivity index (χ3v) is 5.52. The van der Waals surface area contributed by atoms with Crippen molar-refractivity contribution in [2.24, 2.45) is 0 Å². The SMILES string of the molecule is Oc1cccc2c(NCc3cc(Br)c(Cl)s3)cccc12. The molecule has 3 aromatic rings. The summed E-state index contributed by atoms with van der Waals surface area (Å²) in [5.41, 5.74) is 0.999. The van der Waals surface area contributed by atoms with E-state index in [0.29, 0.717) is 12.3 Å². The van der Waals surface area contributed by atoms with Gasteiger partial charge in [-0.05, 0) is 34.1 Å². The van der Waals surface area contributed by atoms with Crippen molar-refractivity contribution in [3.8, 4) is 5.75 Å². The van der Waals surface area contributed by atoms with Gasteiger partial charge in [0.15, 0.2) is 0 Å². The molecule has 0 atom stereocenters. The number of phenols is 1. The summed E-state index contributed by atoms with van der Waals surface area (Å²) in [6.07, 6.45) is 0. The third-order valence-electron chi connectivity index (χ3n) is 3.05. The highest BCUT2D eigenvalue weighted by Gasteiger charge is 2.06. The molecule has 5 heteroatoms. The summed E-state index contributed by atoms with van der Waals surface area (Å²) in [5, 5.41) is 15.1. The van der Waals surface area contributed by atoms with Crippen molar-refractivity contribution < 1.29 is 5.11 Å². The summed E-state index contributed by atoms with van der Waals surface area (Å²) in [6.45, 7) is 0.699. The van der Waals surface area contributed by atoms with Crippen LogP contribution in [0.4, 0.5) is 5.69 Å². The second kappa shape index (κ2) is 5.64. The Labute approximate surface area is 134 Å². The summed E-state index contributed by atoms with van der Waals surface area (Å²) in [6, 6.07) is 13.4. The zero-order valence-corrected chi connectivity index (χ0v) is 13.5. The smallest absolute Gasteiger partial charge is 0.123 e. The number of benzene rings is 2. The van der Waals surface area contributed by atoms with Crippen LogP contribution in [-0.2, 0) is 6.54 Å². The van der Waals surface area contributed by atoms with Crippen LogP contribution in [0.25, 0.3) is 10.8 Å². The summed E-state index contributed by atoms with van der Waals surface area (Å²) in [5.74, 6) is 0.299. The lowest BCUT2D eigenvalue weighted by atomic mass is 10.1. The standard InChI is InChI=1S/C15H11BrClNOS/c16-12-7-9(20-15(12)17)8-18-13-5-1-4-11-10(13)3-2-6-14(11)19/h1-7,18-19H,8H2. The van der Waals surface area contributed by atoms with Crippen molar-refractivity contribution in [1.29, 1.82) is 0 Å². The topological polar surface area (TPSA) is 32.3 Å². The molecule has 3 rings (SSSR count). The predicted octanol–water partition coefficient (Wildman–Crippen LogP) is 5.63. The molecule has 0 saturated heterocycles. The average Bonchev–Trinajstić information content (AvgIpc) is 2.76. The first kappa shape index (κ1) is 13.7. The second-order valence-corrected chi connectivity index (χ2v) is 6.96. The number of rotatable bonds is 3. The quantitative estimate of drug-likeness (QED) is 0.627. The van der Waals surface area contributed by atoms with E-state index in [1.165, 1.54) is 0 Å². The molecule has 0 saturated carbocycles. The van der Waals surface area contributed by atoms with Gasteiger partial charge in [0.1, 0.15) is 10.1 Å². The summed E-state index contributed by atoms with van der Waals surface area (Å²) in [4.78, 5) is 1.15. The zero-order valence-electron chi connectivity index (χ0n) is 10.4. The molecule has 0 aliphatic carbocycles. The largest absolute Gasteiger partial charge is 0.507 e. The van der Waals surface area contributed by atoms with Gasteiger partial charge in [-0.1, -0.05) is 35.9 Å². The van der Waals surface area contributed by atoms with Crippen molar-refractivity contribution in [1.82, 2.24) is 0 Å². The highest BCUT2D eigenvalue weighted by molar-refractivity contribution is 9.10. The van der Waals surface area contributed by atoms with Crippen LogP contribution in [0.2, 0.25) is 4.34 Å². The summed E-state index contributed by atoms with van der Waals surface area (Å²) in [7, 11) is 0. The predicted molar refractivity (Wildman–Crippen MR) is 90.0 cm³/mol. The van der Waals surface area contributed by atoms with E-state index in [2.05, 4.69) is 21.2 Å². The highest BCUT2D eigenvalue weighted by atomic mass is 79.9. The van der Waals surface area contributed by atoms with Gasteiger partial charge in [-0.2, -0.15) is 0 Å². The summed E-state index contributed by atoms with van der Waals surface area (Å²) >= 11 is 11.0. The minimum absolute atomic E-state index is 0.299. The van der Waals surface area contributed by atoms with E-state index < -0.39 is 0 Å². The molecule has 0 bridgehead atoms. The Hall–Kier alpha value is -1.23. The third kappa shape index (κ3) is 2.64. The molecule has 0 aliphatic heterocycles. The fourth-order valence-corrected chi connectivity index (χ4v) is 3.84. The Kier molecular flexibility index (Phi) is 3.87. The second-order valence-electron chi connectivity index (χ2n) is 4.37. The number of halogens is 2. The molecule has 0 amide bonds. The van der Waals surface area contributed by atoms with Crippen LogP contribution in [0, 0.1) is 0 Å². The first-order valence-electron chi connectivity index (χ1n) is 6.03. The van der Waals surface area contributed by atoms with E-state index in [1.807, 2.05) is 36.4 Å². The molecule has 0 radical (unpaired) electrons. The first-order chi connectivity index (χ1) is 9.65. The minimum Gasteiger partial charge on any atom is -0.507 e. The Morgan fingerprint density at radius 1 is 1.15 bits per heavy atom. The molecule has 2 aromatic carbocycles. The van der Waals surface area contributed by atoms with Crippen LogP contribution in [0.1, 0.15) is 4.88 Å². The van der Waals surface area contributed by atoms with Crippen molar-refractivity contribution in [2.75, 3.05) is 5.32 Å². The maximum Gasteiger partial charge on any atom is 0.123 e. The van der Waals surface area contributed by atoms with Crippen molar-refractivity contribution in [3.05, 3.63) is 56.2 Å². The van der Waals surface area contributed by atoms with Gasteiger partial charge < -0.3 is 10.4 Å². The number of anilines is 1. The van der Waals surface area contributed by atoms with E-state index in [-0.39, 0.29) is 0 Å². The van der Waals surface area contributed by atoms with Crippen LogP contribution < -0.4 is 5.32 Å². The van der Waals surface area contributed by atoms with Gasteiger partial charge in [-0.25, -0.2) is 0 Å². The lowest BCUT2D eigenvalue weighted by Gasteiger charge is -2.09. The molecular weight excluding hydrogens is 358 g/mol. The number of thiophene rings is 1. The molecule has 2 nitrogen and oxygen atoms in total. The van der Waals surface area contributed by atoms with Crippen molar-refractivity contribution in [2.45, 2.75) is 6.54 Å². The Morgan fingerprint density at radius 3 is 2.65 bits per heavy atom. The van der Waals surface area contributed by atoms with Crippen LogP contribution in [0.5, 0.6) is 5.75 Å². The van der Waals surface area contributed by atoms with Gasteiger partial charge in [-0.15, -0.1) is 11.3 Å². The van der Waals surface area contributed by atoms with Gasteiger partial charge in [-0.3, -0.25) is 0 Å². The first-order valence-corrected chi connectivity index (χ1v) is 8.02. The van der Waals surface area contributed by atoms with E-state index in [9.17, 15) is 5.11 Å². The summed E-state index contributed by atoms with van der Waals surface area (Å²) < 4.78 is 1.69. The lowest BCUT2D eigenvalue weighted by Crippen LogP contribution is -1.97. The molecule has 1 aromatic heterocycles. The zero-order chi connectivity index (χ0) is 14.1. The Balaban J connectivity index is 1.89. The van der Waals surface area contributed by atoms with Crippen LogP contribution in [0.15, 0.2) is 46.9 Å². The van der Waals surface area contributed by atoms with E-state index in [0.717, 1.165) is 30.1 Å². The number of phenolic OH excluding ortho intramolecular Hbond substituents is 1. The van der Waals surface area contributed by atoms with Crippen LogP contribution in [-0.4, -0.2) is 5.11 Å². The molecule has 102 valence electrons. The monoisotopic (exact) mass is 367 g/mol. The fraction of sp³-hybridized carbons (Fsp3) is 0.0667. The molecule has 0 unspecified atom stereocenters. The van der Waals surface area contributed by atoms with Crippen LogP contribution >= 0.6 is 38.9 Å². The number of nitrogens with one attached hydrogen (secondary N) is 1. The van der Waals surface area contributed by atoms with E-state index in [4.69, 9.17) is 11.6 Å². The molecule has 0 spiro atoms. The molecule has 0 aliphatic rings. The molecular formula is C15H11BrClNOS. The molecule has 2 N–H and O–H groups in total. The van der Waals surface area contributed by atoms with E-state index in [1.54, 1.807) is 17.4 Å². The Morgan fingerprint density at radius 2 is 1.90 bits per heavy atom. The van der Waals surface area contributed by atoms with Gasteiger partial charge in [0, 0.05) is 32.4 Å². The number of hydrogen-bond acceptors (Lipinski definition) is 3. The number of fused-ring (bicyclic) bond motifs is 1. The van der Waals surface area contributed by atoms with Gasteiger partial charge in [0.05, 0.1) is 0 Å². The Bertz CT molecular complexity index is 752. The van der Waals surface area contributed by atoms with Gasteiger partial charge >= 0.3 is 0 Å². The molecule has 20 heavy (non-hydrogen) atoms. The average molecular weight is 369 g/mol. The van der Waals surface area contributed by atoms with Gasteiger partial charge in [0.2, 0.25) is 0 Å². The number of hydrogen-bond donors (Lipinski definition) is 2. The highest BCUT2D eigenvalue weighted by Crippen LogP contribution is 2.33. The van der Waals surface area contributed by atoms with E-state index >= 15 is 0 Å². The normalized spacial score (nSPS) is 10.9. The van der Waals surface area contributed by atoms with Crippen molar-refractivity contribution in [3.63, 3.8) is 0 Å². The molecule has 0 fully saturated rings. The van der Waals surface area contributed by atoms with Crippen molar-refractivity contribution >= 4 is 55.3 Å².